The van der Waals surface area contributed by atoms with Gasteiger partial charge in [0.05, 0.1) is 11.0 Å². The third kappa shape index (κ3) is 5.11. The first-order chi connectivity index (χ1) is 18.9. The van der Waals surface area contributed by atoms with E-state index in [-0.39, 0.29) is 24.8 Å². The monoisotopic (exact) mass is 527 g/mol. The number of amides is 1. The second kappa shape index (κ2) is 10.4. The van der Waals surface area contributed by atoms with Crippen LogP contribution in [0, 0.1) is 6.92 Å². The average Bonchev–Trinajstić information content (AvgIpc) is 3.33. The highest BCUT2D eigenvalue weighted by Gasteiger charge is 2.45. The van der Waals surface area contributed by atoms with Crippen LogP contribution in [0.15, 0.2) is 60.9 Å². The van der Waals surface area contributed by atoms with Gasteiger partial charge in [0, 0.05) is 64.0 Å². The Morgan fingerprint density at radius 3 is 2.54 bits per heavy atom. The number of anilines is 1. The highest BCUT2D eigenvalue weighted by molar-refractivity contribution is 5.85. The Morgan fingerprint density at radius 2 is 1.82 bits per heavy atom. The largest absolute Gasteiger partial charge is 0.384 e. The van der Waals surface area contributed by atoms with Crippen LogP contribution < -0.4 is 5.73 Å². The summed E-state index contributed by atoms with van der Waals surface area (Å²) in [6.07, 6.45) is 5.38. The highest BCUT2D eigenvalue weighted by atomic mass is 19.1. The number of piperidine rings is 2. The first-order valence-electron chi connectivity index (χ1n) is 13.7. The molecule has 6 rings (SSSR count). The van der Waals surface area contributed by atoms with Gasteiger partial charge in [-0.05, 0) is 67.3 Å². The molecule has 0 unspecified atom stereocenters. The van der Waals surface area contributed by atoms with E-state index in [1.807, 2.05) is 30.3 Å². The van der Waals surface area contributed by atoms with Gasteiger partial charge in [0.1, 0.15) is 11.5 Å². The van der Waals surface area contributed by atoms with Gasteiger partial charge in [-0.25, -0.2) is 14.4 Å². The van der Waals surface area contributed by atoms with Crippen LogP contribution in [0.2, 0.25) is 0 Å². The maximum absolute atomic E-state index is 16.0. The predicted molar refractivity (Wildman–Crippen MR) is 150 cm³/mol. The fourth-order valence-electron chi connectivity index (χ4n) is 6.00. The SMILES string of the molecule is Cc1ccc2c(c1)nc(-c1ccccn1)n2C1CCN(C(=O)C2(F)CCN(Cc3ccnc(N)c3)CC2)CC1. The van der Waals surface area contributed by atoms with E-state index in [2.05, 4.69) is 44.6 Å². The van der Waals surface area contributed by atoms with E-state index in [1.165, 1.54) is 0 Å². The van der Waals surface area contributed by atoms with Crippen LogP contribution in [0.4, 0.5) is 10.2 Å². The van der Waals surface area contributed by atoms with Crippen LogP contribution in [-0.4, -0.2) is 67.1 Å². The summed E-state index contributed by atoms with van der Waals surface area (Å²) >= 11 is 0. The minimum atomic E-state index is -1.81. The second-order valence-electron chi connectivity index (χ2n) is 10.9. The van der Waals surface area contributed by atoms with E-state index < -0.39 is 5.67 Å². The first-order valence-corrected chi connectivity index (χ1v) is 13.7. The number of pyridine rings is 2. The molecule has 9 heteroatoms. The molecule has 2 aliphatic rings. The van der Waals surface area contributed by atoms with Crippen molar-refractivity contribution in [2.75, 3.05) is 31.9 Å². The molecule has 202 valence electrons. The van der Waals surface area contributed by atoms with E-state index in [1.54, 1.807) is 17.3 Å². The molecule has 0 radical (unpaired) electrons. The van der Waals surface area contributed by atoms with Crippen LogP contribution in [-0.2, 0) is 11.3 Å². The number of hydrogen-bond acceptors (Lipinski definition) is 6. The molecule has 1 amide bonds. The number of fused-ring (bicyclic) bond motifs is 1. The predicted octanol–water partition coefficient (Wildman–Crippen LogP) is 4.55. The zero-order chi connectivity index (χ0) is 27.0. The lowest BCUT2D eigenvalue weighted by Crippen LogP contribution is -2.53. The molecule has 0 spiro atoms. The number of nitrogens with two attached hydrogens (primary N) is 1. The fourth-order valence-corrected chi connectivity index (χ4v) is 6.00. The molecule has 1 aromatic carbocycles. The lowest BCUT2D eigenvalue weighted by Gasteiger charge is -2.40. The summed E-state index contributed by atoms with van der Waals surface area (Å²) in [6, 6.07) is 16.1. The minimum Gasteiger partial charge on any atom is -0.384 e. The van der Waals surface area contributed by atoms with Gasteiger partial charge < -0.3 is 15.2 Å². The molecule has 4 aromatic rings. The van der Waals surface area contributed by atoms with Crippen molar-refractivity contribution in [2.45, 2.75) is 50.9 Å². The summed E-state index contributed by atoms with van der Waals surface area (Å²) in [5.41, 5.74) is 9.03. The number of halogens is 1. The minimum absolute atomic E-state index is 0.156. The van der Waals surface area contributed by atoms with Gasteiger partial charge in [-0.1, -0.05) is 12.1 Å². The molecule has 5 heterocycles. The molecular formula is C30H34FN7O. The van der Waals surface area contributed by atoms with E-state index in [0.717, 1.165) is 46.5 Å². The number of rotatable bonds is 5. The number of alkyl halides is 1. The van der Waals surface area contributed by atoms with Crippen LogP contribution in [0.1, 0.15) is 42.9 Å². The average molecular weight is 528 g/mol. The van der Waals surface area contributed by atoms with Crippen molar-refractivity contribution < 1.29 is 9.18 Å². The molecule has 8 nitrogen and oxygen atoms in total. The van der Waals surface area contributed by atoms with Crippen LogP contribution in [0.3, 0.4) is 0 Å². The normalized spacial score (nSPS) is 18.5. The molecule has 2 saturated heterocycles. The van der Waals surface area contributed by atoms with Gasteiger partial charge in [-0.15, -0.1) is 0 Å². The molecular weight excluding hydrogens is 493 g/mol. The Balaban J connectivity index is 1.13. The summed E-state index contributed by atoms with van der Waals surface area (Å²) in [7, 11) is 0. The van der Waals surface area contributed by atoms with Gasteiger partial charge >= 0.3 is 0 Å². The third-order valence-corrected chi connectivity index (χ3v) is 8.14. The van der Waals surface area contributed by atoms with Crippen molar-refractivity contribution in [1.82, 2.24) is 29.3 Å². The maximum atomic E-state index is 16.0. The van der Waals surface area contributed by atoms with Crippen molar-refractivity contribution in [3.05, 3.63) is 72.1 Å². The Kier molecular flexibility index (Phi) is 6.76. The third-order valence-electron chi connectivity index (χ3n) is 8.14. The number of nitrogens with zero attached hydrogens (tertiary/aromatic N) is 6. The van der Waals surface area contributed by atoms with E-state index in [0.29, 0.717) is 38.5 Å². The number of carbonyl (C=O) groups excluding carboxylic acids is 1. The van der Waals surface area contributed by atoms with E-state index in [4.69, 9.17) is 10.7 Å². The summed E-state index contributed by atoms with van der Waals surface area (Å²) in [4.78, 5) is 30.8. The molecule has 2 N–H and O–H groups in total. The van der Waals surface area contributed by atoms with Gasteiger partial charge in [0.25, 0.3) is 5.91 Å². The molecule has 0 aliphatic carbocycles. The number of nitrogen functional groups attached to an aromatic ring is 1. The van der Waals surface area contributed by atoms with Gasteiger partial charge in [0.15, 0.2) is 11.5 Å². The van der Waals surface area contributed by atoms with Gasteiger partial charge in [-0.3, -0.25) is 14.7 Å². The quantitative estimate of drug-likeness (QED) is 0.409. The van der Waals surface area contributed by atoms with Crippen molar-refractivity contribution in [2.24, 2.45) is 0 Å². The van der Waals surface area contributed by atoms with Gasteiger partial charge in [0.2, 0.25) is 0 Å². The summed E-state index contributed by atoms with van der Waals surface area (Å²) in [6.45, 7) is 4.88. The fraction of sp³-hybridized carbons (Fsp3) is 0.400. The number of aromatic nitrogens is 4. The molecule has 3 aromatic heterocycles. The number of carbonyl (C=O) groups is 1. The molecule has 2 fully saturated rings. The highest BCUT2D eigenvalue weighted by Crippen LogP contribution is 2.35. The lowest BCUT2D eigenvalue weighted by molar-refractivity contribution is -0.148. The standard InChI is InChI=1S/C30H34FN7O/c1-21-5-6-26-25(18-21)35-28(24-4-2-3-12-33-24)38(26)23-8-14-37(15-9-23)29(39)30(31)10-16-36(17-11-30)20-22-7-13-34-27(32)19-22/h2-7,12-13,18-19,23H,8-11,14-17,20H2,1H3,(H2,32,34). The Hall–Kier alpha value is -3.85. The first kappa shape index (κ1) is 25.4. The van der Waals surface area contributed by atoms with Crippen molar-refractivity contribution in [3.63, 3.8) is 0 Å². The van der Waals surface area contributed by atoms with Crippen LogP contribution in [0.25, 0.3) is 22.6 Å². The number of benzene rings is 1. The van der Waals surface area contributed by atoms with Crippen molar-refractivity contribution in [3.8, 4) is 11.5 Å². The zero-order valence-corrected chi connectivity index (χ0v) is 22.3. The Bertz CT molecular complexity index is 1470. The van der Waals surface area contributed by atoms with Crippen molar-refractivity contribution >= 4 is 22.8 Å². The smallest absolute Gasteiger partial charge is 0.260 e. The summed E-state index contributed by atoms with van der Waals surface area (Å²) in [5.74, 6) is 0.963. The molecule has 0 saturated carbocycles. The lowest BCUT2D eigenvalue weighted by atomic mass is 9.90. The number of imidazole rings is 1. The molecule has 39 heavy (non-hydrogen) atoms. The number of aryl methyl sites for hydroxylation is 1. The number of likely N-dealkylation sites (tertiary alicyclic amines) is 2. The Morgan fingerprint density at radius 1 is 1.03 bits per heavy atom. The summed E-state index contributed by atoms with van der Waals surface area (Å²) < 4.78 is 18.2. The van der Waals surface area contributed by atoms with Crippen molar-refractivity contribution in [1.29, 1.82) is 0 Å². The Labute approximate surface area is 227 Å². The zero-order valence-electron chi connectivity index (χ0n) is 22.3. The van der Waals surface area contributed by atoms with E-state index >= 15 is 4.39 Å². The molecule has 0 atom stereocenters. The summed E-state index contributed by atoms with van der Waals surface area (Å²) in [5, 5.41) is 0. The maximum Gasteiger partial charge on any atom is 0.260 e. The second-order valence-corrected chi connectivity index (χ2v) is 10.9. The van der Waals surface area contributed by atoms with Crippen LogP contribution >= 0.6 is 0 Å². The topological polar surface area (TPSA) is 93.2 Å². The van der Waals surface area contributed by atoms with E-state index in [9.17, 15) is 4.79 Å². The molecule has 2 aliphatic heterocycles. The van der Waals surface area contributed by atoms with Crippen LogP contribution in [0.5, 0.6) is 0 Å². The van der Waals surface area contributed by atoms with Gasteiger partial charge in [-0.2, -0.15) is 0 Å². The molecule has 0 bridgehead atoms. The number of hydrogen-bond donors (Lipinski definition) is 1.